The maximum atomic E-state index is 11.8. The highest BCUT2D eigenvalue weighted by atomic mass is 32.2. The molecule has 0 amide bonds. The highest BCUT2D eigenvalue weighted by Crippen LogP contribution is 2.22. The minimum atomic E-state index is -0.154. The van der Waals surface area contributed by atoms with Gasteiger partial charge in [-0.25, -0.2) is 0 Å². The smallest absolute Gasteiger partial charge is 0.319 e. The largest absolute Gasteiger partial charge is 0.462 e. The quantitative estimate of drug-likeness (QED) is 0.746. The van der Waals surface area contributed by atoms with Crippen LogP contribution in [-0.2, 0) is 15.3 Å². The first-order valence-electron chi connectivity index (χ1n) is 6.38. The van der Waals surface area contributed by atoms with Gasteiger partial charge >= 0.3 is 5.97 Å². The molecule has 19 heavy (non-hydrogen) atoms. The number of nitriles is 1. The molecule has 0 aromatic heterocycles. The van der Waals surface area contributed by atoms with Gasteiger partial charge in [0.1, 0.15) is 5.25 Å². The molecule has 1 rings (SSSR count). The van der Waals surface area contributed by atoms with E-state index in [1.54, 1.807) is 17.8 Å². The number of nitrogens with zero attached hydrogens (tertiary/aromatic N) is 1. The number of hydrogen-bond acceptors (Lipinski definition) is 4. The fourth-order valence-electron chi connectivity index (χ4n) is 1.59. The van der Waals surface area contributed by atoms with E-state index < -0.39 is 0 Å². The van der Waals surface area contributed by atoms with Crippen LogP contribution in [0, 0.1) is 11.3 Å². The Bertz CT molecular complexity index is 465. The monoisotopic (exact) mass is 277 g/mol. The molecule has 0 spiro atoms. The van der Waals surface area contributed by atoms with Crippen LogP contribution in [0.4, 0.5) is 0 Å². The van der Waals surface area contributed by atoms with E-state index in [-0.39, 0.29) is 17.3 Å². The predicted molar refractivity (Wildman–Crippen MR) is 77.8 cm³/mol. The lowest BCUT2D eigenvalue weighted by Gasteiger charge is -2.15. The predicted octanol–water partition coefficient (Wildman–Crippen LogP) is 3.52. The number of thioether (sulfide) groups is 1. The minimum absolute atomic E-state index is 0.0796. The average Bonchev–Trinajstić information content (AvgIpc) is 2.39. The summed E-state index contributed by atoms with van der Waals surface area (Å²) in [6.45, 7) is 5.68. The van der Waals surface area contributed by atoms with E-state index >= 15 is 0 Å². The zero-order valence-corrected chi connectivity index (χ0v) is 12.4. The molecule has 0 fully saturated rings. The van der Waals surface area contributed by atoms with Gasteiger partial charge < -0.3 is 4.74 Å². The molecule has 0 aliphatic rings. The number of esters is 1. The molecule has 102 valence electrons. The van der Waals surface area contributed by atoms with Crippen molar-refractivity contribution >= 4 is 17.7 Å². The SMILES string of the molecule is CCC(SCc1cccc(C#N)c1)C(=O)OC(C)C. The Kier molecular flexibility index (Phi) is 6.44. The minimum Gasteiger partial charge on any atom is -0.462 e. The molecule has 1 unspecified atom stereocenters. The first-order chi connectivity index (χ1) is 9.06. The lowest BCUT2D eigenvalue weighted by Crippen LogP contribution is -2.22. The number of carbonyl (C=O) groups is 1. The summed E-state index contributed by atoms with van der Waals surface area (Å²) in [4.78, 5) is 11.8. The molecule has 3 nitrogen and oxygen atoms in total. The van der Waals surface area contributed by atoms with Crippen LogP contribution in [0.1, 0.15) is 38.3 Å². The zero-order valence-electron chi connectivity index (χ0n) is 11.6. The molecule has 0 radical (unpaired) electrons. The summed E-state index contributed by atoms with van der Waals surface area (Å²) in [6, 6.07) is 9.58. The van der Waals surface area contributed by atoms with Gasteiger partial charge in [-0.05, 0) is 38.0 Å². The van der Waals surface area contributed by atoms with Gasteiger partial charge in [0.05, 0.1) is 17.7 Å². The highest BCUT2D eigenvalue weighted by Gasteiger charge is 2.19. The second-order valence-corrected chi connectivity index (χ2v) is 5.70. The normalized spacial score (nSPS) is 11.9. The van der Waals surface area contributed by atoms with E-state index in [1.807, 2.05) is 39.0 Å². The van der Waals surface area contributed by atoms with Crippen LogP contribution in [-0.4, -0.2) is 17.3 Å². The van der Waals surface area contributed by atoms with Crippen molar-refractivity contribution in [3.05, 3.63) is 35.4 Å². The lowest BCUT2D eigenvalue weighted by molar-refractivity contribution is -0.146. The Morgan fingerprint density at radius 1 is 1.47 bits per heavy atom. The third-order valence-corrected chi connectivity index (χ3v) is 3.92. The van der Waals surface area contributed by atoms with Crippen molar-refractivity contribution in [1.82, 2.24) is 0 Å². The second-order valence-electron chi connectivity index (χ2n) is 4.51. The van der Waals surface area contributed by atoms with Crippen LogP contribution in [0.25, 0.3) is 0 Å². The van der Waals surface area contributed by atoms with E-state index in [0.29, 0.717) is 11.3 Å². The standard InChI is InChI=1S/C15H19NO2S/c1-4-14(15(17)18-11(2)3)19-10-13-7-5-6-12(8-13)9-16/h5-8,11,14H,4,10H2,1-3H3. The molecule has 0 saturated heterocycles. The van der Waals surface area contributed by atoms with Gasteiger partial charge in [0.15, 0.2) is 0 Å². The molecule has 1 atom stereocenters. The van der Waals surface area contributed by atoms with E-state index in [2.05, 4.69) is 6.07 Å². The lowest BCUT2D eigenvalue weighted by atomic mass is 10.2. The third-order valence-electron chi connectivity index (χ3n) is 2.49. The van der Waals surface area contributed by atoms with Gasteiger partial charge in [-0.2, -0.15) is 5.26 Å². The Morgan fingerprint density at radius 2 is 2.21 bits per heavy atom. The molecule has 1 aromatic carbocycles. The highest BCUT2D eigenvalue weighted by molar-refractivity contribution is 7.99. The number of rotatable bonds is 6. The van der Waals surface area contributed by atoms with Crippen molar-refractivity contribution in [2.45, 2.75) is 44.3 Å². The molecule has 4 heteroatoms. The van der Waals surface area contributed by atoms with Gasteiger partial charge in [-0.1, -0.05) is 19.1 Å². The van der Waals surface area contributed by atoms with Gasteiger partial charge in [0.2, 0.25) is 0 Å². The summed E-state index contributed by atoms with van der Waals surface area (Å²) < 4.78 is 5.22. The molecule has 1 aromatic rings. The van der Waals surface area contributed by atoms with Crippen molar-refractivity contribution in [3.8, 4) is 6.07 Å². The van der Waals surface area contributed by atoms with Crippen LogP contribution >= 0.6 is 11.8 Å². The first kappa shape index (κ1) is 15.6. The van der Waals surface area contributed by atoms with Crippen LogP contribution in [0.15, 0.2) is 24.3 Å². The summed E-state index contributed by atoms with van der Waals surface area (Å²) in [6.07, 6.45) is 0.665. The summed E-state index contributed by atoms with van der Waals surface area (Å²) in [5.74, 6) is 0.556. The average molecular weight is 277 g/mol. The Balaban J connectivity index is 2.58. The van der Waals surface area contributed by atoms with Crippen molar-refractivity contribution in [2.75, 3.05) is 0 Å². The Labute approximate surface area is 119 Å². The summed E-state index contributed by atoms with van der Waals surface area (Å²) >= 11 is 1.56. The van der Waals surface area contributed by atoms with Gasteiger partial charge in [0.25, 0.3) is 0 Å². The topological polar surface area (TPSA) is 50.1 Å². The molecular weight excluding hydrogens is 258 g/mol. The van der Waals surface area contributed by atoms with Crippen LogP contribution < -0.4 is 0 Å². The molecule has 0 heterocycles. The number of hydrogen-bond donors (Lipinski definition) is 0. The summed E-state index contributed by atoms with van der Waals surface area (Å²) in [5.41, 5.74) is 1.70. The fourth-order valence-corrected chi connectivity index (χ4v) is 2.59. The molecule has 0 saturated carbocycles. The molecule has 0 N–H and O–H groups in total. The number of benzene rings is 1. The van der Waals surface area contributed by atoms with Crippen LogP contribution in [0.2, 0.25) is 0 Å². The Morgan fingerprint density at radius 3 is 2.79 bits per heavy atom. The number of ether oxygens (including phenoxy) is 1. The molecule has 0 bridgehead atoms. The van der Waals surface area contributed by atoms with Gasteiger partial charge in [-0.3, -0.25) is 4.79 Å². The van der Waals surface area contributed by atoms with E-state index in [1.165, 1.54) is 0 Å². The van der Waals surface area contributed by atoms with Gasteiger partial charge in [0, 0.05) is 5.75 Å². The van der Waals surface area contributed by atoms with Crippen molar-refractivity contribution in [3.63, 3.8) is 0 Å². The van der Waals surface area contributed by atoms with E-state index in [4.69, 9.17) is 10.00 Å². The van der Waals surface area contributed by atoms with Crippen molar-refractivity contribution in [2.24, 2.45) is 0 Å². The summed E-state index contributed by atoms with van der Waals surface area (Å²) in [7, 11) is 0. The molecular formula is C15H19NO2S. The van der Waals surface area contributed by atoms with E-state index in [0.717, 1.165) is 12.0 Å². The van der Waals surface area contributed by atoms with Gasteiger partial charge in [-0.15, -0.1) is 11.8 Å². The molecule has 0 aliphatic heterocycles. The maximum absolute atomic E-state index is 11.8. The van der Waals surface area contributed by atoms with Crippen molar-refractivity contribution in [1.29, 1.82) is 5.26 Å². The second kappa shape index (κ2) is 7.85. The third kappa shape index (κ3) is 5.35. The van der Waals surface area contributed by atoms with E-state index in [9.17, 15) is 4.79 Å². The first-order valence-corrected chi connectivity index (χ1v) is 7.42. The maximum Gasteiger partial charge on any atom is 0.319 e. The Hall–Kier alpha value is -1.47. The van der Waals surface area contributed by atoms with Crippen LogP contribution in [0.3, 0.4) is 0 Å². The zero-order chi connectivity index (χ0) is 14.3. The van der Waals surface area contributed by atoms with Crippen LogP contribution in [0.5, 0.6) is 0 Å². The summed E-state index contributed by atoms with van der Waals surface area (Å²) in [5, 5.41) is 8.70. The van der Waals surface area contributed by atoms with Crippen molar-refractivity contribution < 1.29 is 9.53 Å². The number of carbonyl (C=O) groups excluding carboxylic acids is 1. The molecule has 0 aliphatic carbocycles. The fraction of sp³-hybridized carbons (Fsp3) is 0.467.